The van der Waals surface area contributed by atoms with E-state index in [1.54, 1.807) is 0 Å². The van der Waals surface area contributed by atoms with Crippen molar-refractivity contribution in [3.05, 3.63) is 23.8 Å². The van der Waals surface area contributed by atoms with E-state index in [2.05, 4.69) is 5.32 Å². The second-order valence-electron chi connectivity index (χ2n) is 5.51. The van der Waals surface area contributed by atoms with Gasteiger partial charge in [0.15, 0.2) is 26.4 Å². The van der Waals surface area contributed by atoms with Gasteiger partial charge in [-0.15, -0.1) is 0 Å². The van der Waals surface area contributed by atoms with E-state index in [0.29, 0.717) is 18.1 Å². The van der Waals surface area contributed by atoms with E-state index in [1.807, 2.05) is 30.1 Å². The van der Waals surface area contributed by atoms with Crippen molar-refractivity contribution in [2.24, 2.45) is 0 Å². The van der Waals surface area contributed by atoms with Crippen LogP contribution in [-0.2, 0) is 16.4 Å². The lowest BCUT2D eigenvalue weighted by Crippen LogP contribution is -2.43. The van der Waals surface area contributed by atoms with Gasteiger partial charge in [-0.05, 0) is 36.3 Å². The zero-order chi connectivity index (χ0) is 15.7. The molecule has 1 saturated heterocycles. The molecule has 0 radical (unpaired) electrons. The summed E-state index contributed by atoms with van der Waals surface area (Å²) in [7, 11) is -1.07. The molecule has 120 valence electrons. The molecule has 0 bridgehead atoms. The number of rotatable bonds is 3. The highest BCUT2D eigenvalue weighted by Crippen LogP contribution is 2.32. The Morgan fingerprint density at radius 3 is 2.91 bits per heavy atom. The van der Waals surface area contributed by atoms with Gasteiger partial charge in [0.1, 0.15) is 0 Å². The average molecular weight is 342 g/mol. The summed E-state index contributed by atoms with van der Waals surface area (Å²) in [5.74, 6) is 1.90. The highest BCUT2D eigenvalue weighted by atomic mass is 32.2. The second-order valence-corrected chi connectivity index (χ2v) is 8.13. The number of nitrogens with one attached hydrogen (secondary N) is 1. The van der Waals surface area contributed by atoms with E-state index in [9.17, 15) is 8.42 Å². The number of fused-ring (bicyclic) bond motifs is 1. The zero-order valence-corrected chi connectivity index (χ0v) is 13.9. The summed E-state index contributed by atoms with van der Waals surface area (Å²) in [5, 5.41) is 3.72. The fraction of sp³-hybridized carbons (Fsp3) is 0.500. The highest BCUT2D eigenvalue weighted by molar-refractivity contribution is 7.91. The third-order valence-corrected chi connectivity index (χ3v) is 6.14. The monoisotopic (exact) mass is 342 g/mol. The van der Waals surface area contributed by atoms with Gasteiger partial charge in [0.05, 0.1) is 11.5 Å². The molecule has 1 fully saturated rings. The Morgan fingerprint density at radius 1 is 1.41 bits per heavy atom. The predicted molar refractivity (Wildman–Crippen MR) is 86.8 cm³/mol. The molecule has 6 nitrogen and oxygen atoms in total. The molecule has 0 unspecified atom stereocenters. The largest absolute Gasteiger partial charge is 0.454 e. The summed E-state index contributed by atoms with van der Waals surface area (Å²) in [6, 6.07) is 5.69. The van der Waals surface area contributed by atoms with Crippen LogP contribution in [-0.4, -0.2) is 49.8 Å². The Morgan fingerprint density at radius 2 is 2.18 bits per heavy atom. The van der Waals surface area contributed by atoms with E-state index < -0.39 is 9.84 Å². The van der Waals surface area contributed by atoms with Gasteiger partial charge in [-0.25, -0.2) is 8.42 Å². The van der Waals surface area contributed by atoms with E-state index >= 15 is 0 Å². The molecule has 1 aromatic rings. The van der Waals surface area contributed by atoms with Crippen molar-refractivity contribution in [1.82, 2.24) is 10.2 Å². The van der Waals surface area contributed by atoms with E-state index in [0.717, 1.165) is 17.1 Å². The van der Waals surface area contributed by atoms with Crippen molar-refractivity contribution in [2.45, 2.75) is 19.0 Å². The van der Waals surface area contributed by atoms with Crippen molar-refractivity contribution in [3.63, 3.8) is 0 Å². The molecule has 0 aliphatic carbocycles. The summed E-state index contributed by atoms with van der Waals surface area (Å²) >= 11 is 5.35. The lowest BCUT2D eigenvalue weighted by molar-refractivity contribution is 0.174. The maximum atomic E-state index is 11.5. The molecule has 1 aromatic carbocycles. The SMILES string of the molecule is CN(C(=S)NCc1ccc2c(c1)OCO2)[C@H]1CCS(=O)(=O)C1. The summed E-state index contributed by atoms with van der Waals surface area (Å²) in [6.07, 6.45) is 0.630. The molecule has 3 rings (SSSR count). The van der Waals surface area contributed by atoms with Crippen LogP contribution >= 0.6 is 12.2 Å². The number of nitrogens with zero attached hydrogens (tertiary/aromatic N) is 1. The van der Waals surface area contributed by atoms with Gasteiger partial charge in [0, 0.05) is 19.6 Å². The number of hydrogen-bond acceptors (Lipinski definition) is 5. The topological polar surface area (TPSA) is 67.9 Å². The first kappa shape index (κ1) is 15.4. The maximum absolute atomic E-state index is 11.5. The number of benzene rings is 1. The molecule has 0 amide bonds. The number of thiocarbonyl (C=S) groups is 1. The summed E-state index contributed by atoms with van der Waals surface area (Å²) < 4.78 is 33.7. The smallest absolute Gasteiger partial charge is 0.231 e. The zero-order valence-electron chi connectivity index (χ0n) is 12.2. The molecule has 22 heavy (non-hydrogen) atoms. The molecular weight excluding hydrogens is 324 g/mol. The quantitative estimate of drug-likeness (QED) is 0.819. The minimum absolute atomic E-state index is 0.0400. The van der Waals surface area contributed by atoms with E-state index in [-0.39, 0.29) is 24.3 Å². The molecule has 0 spiro atoms. The van der Waals surface area contributed by atoms with Crippen LogP contribution < -0.4 is 14.8 Å². The van der Waals surface area contributed by atoms with Crippen LogP contribution in [0, 0.1) is 0 Å². The molecule has 2 heterocycles. The van der Waals surface area contributed by atoms with Gasteiger partial charge in [-0.1, -0.05) is 6.07 Å². The lowest BCUT2D eigenvalue weighted by Gasteiger charge is -2.26. The van der Waals surface area contributed by atoms with Crippen LogP contribution in [0.2, 0.25) is 0 Å². The first-order valence-electron chi connectivity index (χ1n) is 7.04. The lowest BCUT2D eigenvalue weighted by atomic mass is 10.2. The molecule has 1 N–H and O–H groups in total. The van der Waals surface area contributed by atoms with Crippen LogP contribution in [0.3, 0.4) is 0 Å². The minimum Gasteiger partial charge on any atom is -0.454 e. The standard InChI is InChI=1S/C14H18N2O4S2/c1-16(11-4-5-22(17,18)8-11)14(21)15-7-10-2-3-12-13(6-10)20-9-19-12/h2-3,6,11H,4-5,7-9H2,1H3,(H,15,21)/t11-/m0/s1. The van der Waals surface area contributed by atoms with Gasteiger partial charge < -0.3 is 19.7 Å². The van der Waals surface area contributed by atoms with Crippen LogP contribution in [0.5, 0.6) is 11.5 Å². The van der Waals surface area contributed by atoms with Crippen LogP contribution in [0.15, 0.2) is 18.2 Å². The summed E-state index contributed by atoms with van der Waals surface area (Å²) in [6.45, 7) is 0.808. The minimum atomic E-state index is -2.91. The maximum Gasteiger partial charge on any atom is 0.231 e. The van der Waals surface area contributed by atoms with Crippen molar-refractivity contribution in [1.29, 1.82) is 0 Å². The van der Waals surface area contributed by atoms with Crippen molar-refractivity contribution in [2.75, 3.05) is 25.3 Å². The third-order valence-electron chi connectivity index (χ3n) is 3.96. The van der Waals surface area contributed by atoms with Crippen molar-refractivity contribution in [3.8, 4) is 11.5 Å². The molecule has 0 aromatic heterocycles. The number of hydrogen-bond donors (Lipinski definition) is 1. The van der Waals surface area contributed by atoms with Crippen LogP contribution in [0.4, 0.5) is 0 Å². The first-order valence-corrected chi connectivity index (χ1v) is 9.27. The normalized spacial score (nSPS) is 21.6. The van der Waals surface area contributed by atoms with E-state index in [4.69, 9.17) is 21.7 Å². The van der Waals surface area contributed by atoms with Gasteiger partial charge in [0.25, 0.3) is 0 Å². The molecule has 8 heteroatoms. The van der Waals surface area contributed by atoms with Crippen molar-refractivity contribution >= 4 is 27.2 Å². The second kappa shape index (κ2) is 5.92. The highest BCUT2D eigenvalue weighted by Gasteiger charge is 2.31. The molecule has 2 aliphatic rings. The molecular formula is C14H18N2O4S2. The van der Waals surface area contributed by atoms with Gasteiger partial charge >= 0.3 is 0 Å². The Balaban J connectivity index is 1.56. The van der Waals surface area contributed by atoms with Crippen LogP contribution in [0.25, 0.3) is 0 Å². The fourth-order valence-corrected chi connectivity index (χ4v) is 4.60. The van der Waals surface area contributed by atoms with Crippen LogP contribution in [0.1, 0.15) is 12.0 Å². The molecule has 2 aliphatic heterocycles. The molecule has 1 atom stereocenters. The Kier molecular flexibility index (Phi) is 4.14. The first-order chi connectivity index (χ1) is 10.4. The van der Waals surface area contributed by atoms with Crippen molar-refractivity contribution < 1.29 is 17.9 Å². The third kappa shape index (κ3) is 3.27. The summed E-state index contributed by atoms with van der Waals surface area (Å²) in [5.41, 5.74) is 1.03. The predicted octanol–water partition coefficient (Wildman–Crippen LogP) is 0.909. The van der Waals surface area contributed by atoms with E-state index in [1.165, 1.54) is 0 Å². The average Bonchev–Trinajstić information content (AvgIpc) is 3.09. The summed E-state index contributed by atoms with van der Waals surface area (Å²) in [4.78, 5) is 1.84. The molecule has 0 saturated carbocycles. The number of sulfone groups is 1. The fourth-order valence-electron chi connectivity index (χ4n) is 2.60. The van der Waals surface area contributed by atoms with Gasteiger partial charge in [-0.2, -0.15) is 0 Å². The Hall–Kier alpha value is -1.54. The van der Waals surface area contributed by atoms with Gasteiger partial charge in [0.2, 0.25) is 6.79 Å². The van der Waals surface area contributed by atoms with Gasteiger partial charge in [-0.3, -0.25) is 0 Å². The number of ether oxygens (including phenoxy) is 2. The Labute approximate surface area is 135 Å². The Bertz CT molecular complexity index is 690.